The number of ether oxygens (including phenoxy) is 2. The molecule has 0 amide bonds. The summed E-state index contributed by atoms with van der Waals surface area (Å²) in [6.45, 7) is 0. The zero-order valence-electron chi connectivity index (χ0n) is 20.7. The fourth-order valence-electron chi connectivity index (χ4n) is 5.39. The van der Waals surface area contributed by atoms with Crippen molar-refractivity contribution in [1.82, 2.24) is 0 Å². The summed E-state index contributed by atoms with van der Waals surface area (Å²) in [6, 6.07) is 15.3. The van der Waals surface area contributed by atoms with Crippen LogP contribution in [0.3, 0.4) is 0 Å². The first-order chi connectivity index (χ1) is 19.1. The smallest absolute Gasteiger partial charge is 0.178 e. The fourth-order valence-corrected chi connectivity index (χ4v) is 5.39. The van der Waals surface area contributed by atoms with Crippen LogP contribution in [0, 0.1) is 0 Å². The standard InChI is InChI=1S/C30H24O10/c31-15-5-1-13(2-6-15)28-22(36)11-18-20(34)12-23-24(30(18)40-28)25(29(39-23)14-3-7-16(32)8-4-14)27(38)19-9-17(33)10-21(35)26(19)37/h1-10,12,22,25,28-29,31-37H,11H2/t22-,25?,28?,29?/m0/s1. The van der Waals surface area contributed by atoms with Gasteiger partial charge < -0.3 is 45.2 Å². The van der Waals surface area contributed by atoms with E-state index in [2.05, 4.69) is 0 Å². The number of benzene rings is 4. The van der Waals surface area contributed by atoms with Gasteiger partial charge in [0.05, 0.1) is 23.1 Å². The third kappa shape index (κ3) is 4.05. The lowest BCUT2D eigenvalue weighted by atomic mass is 9.81. The van der Waals surface area contributed by atoms with Crippen LogP contribution in [0.5, 0.6) is 46.0 Å². The molecule has 7 N–H and O–H groups in total. The van der Waals surface area contributed by atoms with Crippen LogP contribution in [0.4, 0.5) is 0 Å². The second-order valence-electron chi connectivity index (χ2n) is 9.85. The summed E-state index contributed by atoms with van der Waals surface area (Å²) in [4.78, 5) is 14.1. The molecule has 10 nitrogen and oxygen atoms in total. The van der Waals surface area contributed by atoms with Gasteiger partial charge in [-0.15, -0.1) is 0 Å². The fraction of sp³-hybridized carbons (Fsp3) is 0.167. The third-order valence-corrected chi connectivity index (χ3v) is 7.30. The van der Waals surface area contributed by atoms with Crippen molar-refractivity contribution in [3.8, 4) is 46.0 Å². The Balaban J connectivity index is 1.53. The van der Waals surface area contributed by atoms with E-state index in [1.165, 1.54) is 30.3 Å². The highest BCUT2D eigenvalue weighted by Crippen LogP contribution is 2.57. The SMILES string of the molecule is O=C(c1cc(O)cc(O)c1O)C1c2c(cc(O)c3c2OC(c2ccc(O)cc2)[C@@H](O)C3)OC1c1ccc(O)cc1. The highest BCUT2D eigenvalue weighted by molar-refractivity contribution is 6.06. The lowest BCUT2D eigenvalue weighted by Gasteiger charge is -2.33. The average Bonchev–Trinajstić information content (AvgIpc) is 3.30. The lowest BCUT2D eigenvalue weighted by Crippen LogP contribution is -2.31. The molecule has 6 rings (SSSR count). The van der Waals surface area contributed by atoms with Crippen LogP contribution in [0.15, 0.2) is 66.7 Å². The largest absolute Gasteiger partial charge is 0.508 e. The Morgan fingerprint density at radius 1 is 0.700 bits per heavy atom. The predicted octanol–water partition coefficient (Wildman–Crippen LogP) is 4.06. The molecule has 0 aromatic heterocycles. The van der Waals surface area contributed by atoms with Crippen LogP contribution < -0.4 is 9.47 Å². The Morgan fingerprint density at radius 3 is 1.93 bits per heavy atom. The molecule has 2 heterocycles. The van der Waals surface area contributed by atoms with Gasteiger partial charge in [-0.05, 0) is 41.5 Å². The zero-order chi connectivity index (χ0) is 28.3. The van der Waals surface area contributed by atoms with Crippen LogP contribution in [0.2, 0.25) is 0 Å². The first-order valence-electron chi connectivity index (χ1n) is 12.4. The number of ketones is 1. The molecule has 4 aromatic rings. The first kappa shape index (κ1) is 25.2. The molecular weight excluding hydrogens is 520 g/mol. The van der Waals surface area contributed by atoms with Gasteiger partial charge in [-0.2, -0.15) is 0 Å². The van der Waals surface area contributed by atoms with E-state index in [0.717, 1.165) is 12.1 Å². The number of phenolic OH excluding ortho intramolecular Hbond substituents is 6. The molecule has 204 valence electrons. The number of fused-ring (bicyclic) bond motifs is 3. The lowest BCUT2D eigenvalue weighted by molar-refractivity contribution is 0.0191. The molecule has 0 radical (unpaired) electrons. The molecule has 3 unspecified atom stereocenters. The van der Waals surface area contributed by atoms with Crippen molar-refractivity contribution >= 4 is 5.78 Å². The summed E-state index contributed by atoms with van der Waals surface area (Å²) < 4.78 is 12.4. The number of carbonyl (C=O) groups excluding carboxylic acids is 1. The van der Waals surface area contributed by atoms with Gasteiger partial charge in [-0.25, -0.2) is 0 Å². The summed E-state index contributed by atoms with van der Waals surface area (Å²) in [5.74, 6) is -3.75. The minimum atomic E-state index is -1.20. The van der Waals surface area contributed by atoms with Gasteiger partial charge in [-0.3, -0.25) is 4.79 Å². The number of carbonyl (C=O) groups is 1. The highest BCUT2D eigenvalue weighted by atomic mass is 16.5. The molecule has 4 aromatic carbocycles. The maximum Gasteiger partial charge on any atom is 0.178 e. The molecular formula is C30H24O10. The van der Waals surface area contributed by atoms with E-state index in [1.807, 2.05) is 0 Å². The zero-order valence-corrected chi connectivity index (χ0v) is 20.7. The second kappa shape index (κ2) is 9.28. The van der Waals surface area contributed by atoms with Gasteiger partial charge in [0.15, 0.2) is 17.3 Å². The average molecular weight is 545 g/mol. The molecule has 0 saturated heterocycles. The maximum absolute atomic E-state index is 14.1. The van der Waals surface area contributed by atoms with E-state index in [4.69, 9.17) is 9.47 Å². The summed E-state index contributed by atoms with van der Waals surface area (Å²) in [7, 11) is 0. The van der Waals surface area contributed by atoms with E-state index in [9.17, 15) is 40.5 Å². The molecule has 0 spiro atoms. The van der Waals surface area contributed by atoms with Crippen molar-refractivity contribution < 1.29 is 50.0 Å². The number of rotatable bonds is 4. The molecule has 0 bridgehead atoms. The van der Waals surface area contributed by atoms with Crippen molar-refractivity contribution in [2.75, 3.05) is 0 Å². The van der Waals surface area contributed by atoms with Gasteiger partial charge in [0.2, 0.25) is 0 Å². The van der Waals surface area contributed by atoms with E-state index >= 15 is 0 Å². The number of phenols is 6. The number of aromatic hydroxyl groups is 6. The van der Waals surface area contributed by atoms with Gasteiger partial charge in [-0.1, -0.05) is 24.3 Å². The normalized spacial score (nSPS) is 21.1. The van der Waals surface area contributed by atoms with Crippen LogP contribution in [-0.2, 0) is 6.42 Å². The van der Waals surface area contributed by atoms with E-state index in [1.54, 1.807) is 24.3 Å². The third-order valence-electron chi connectivity index (χ3n) is 7.30. The number of hydrogen-bond donors (Lipinski definition) is 7. The van der Waals surface area contributed by atoms with Crippen molar-refractivity contribution in [3.05, 3.63) is 94.5 Å². The van der Waals surface area contributed by atoms with Gasteiger partial charge in [0.25, 0.3) is 0 Å². The molecule has 4 atom stereocenters. The van der Waals surface area contributed by atoms with E-state index in [0.29, 0.717) is 11.1 Å². The van der Waals surface area contributed by atoms with Crippen molar-refractivity contribution in [2.45, 2.75) is 30.7 Å². The summed E-state index contributed by atoms with van der Waals surface area (Å²) >= 11 is 0. The van der Waals surface area contributed by atoms with E-state index < -0.39 is 47.3 Å². The minimum absolute atomic E-state index is 0.0122. The number of aliphatic hydroxyl groups is 1. The topological polar surface area (TPSA) is 177 Å². The molecule has 2 aliphatic heterocycles. The van der Waals surface area contributed by atoms with E-state index in [-0.39, 0.29) is 51.9 Å². The molecule has 0 aliphatic carbocycles. The Hall–Kier alpha value is -5.09. The van der Waals surface area contributed by atoms with Crippen molar-refractivity contribution in [1.29, 1.82) is 0 Å². The number of hydrogen-bond acceptors (Lipinski definition) is 10. The van der Waals surface area contributed by atoms with Crippen molar-refractivity contribution in [2.24, 2.45) is 0 Å². The van der Waals surface area contributed by atoms with Gasteiger partial charge in [0.1, 0.15) is 46.7 Å². The molecule has 0 saturated carbocycles. The summed E-state index contributed by atoms with van der Waals surface area (Å²) in [6.07, 6.45) is -3.03. The Morgan fingerprint density at radius 2 is 1.30 bits per heavy atom. The minimum Gasteiger partial charge on any atom is -0.508 e. The maximum atomic E-state index is 14.1. The number of aliphatic hydroxyl groups excluding tert-OH is 1. The second-order valence-corrected chi connectivity index (χ2v) is 9.85. The highest BCUT2D eigenvalue weighted by Gasteiger charge is 2.47. The van der Waals surface area contributed by atoms with Crippen LogP contribution in [0.25, 0.3) is 0 Å². The predicted molar refractivity (Wildman–Crippen MR) is 139 cm³/mol. The molecule has 2 aliphatic rings. The summed E-state index contributed by atoms with van der Waals surface area (Å²) in [5.41, 5.74) is 1.15. The summed E-state index contributed by atoms with van der Waals surface area (Å²) in [5, 5.41) is 72.0. The monoisotopic (exact) mass is 544 g/mol. The Labute approximate surface area is 227 Å². The quantitative estimate of drug-likeness (QED) is 0.113. The van der Waals surface area contributed by atoms with Gasteiger partial charge in [0, 0.05) is 24.1 Å². The van der Waals surface area contributed by atoms with Crippen LogP contribution in [-0.4, -0.2) is 47.6 Å². The van der Waals surface area contributed by atoms with Crippen LogP contribution >= 0.6 is 0 Å². The molecule has 0 fully saturated rings. The molecule has 40 heavy (non-hydrogen) atoms. The molecule has 10 heteroatoms. The van der Waals surface area contributed by atoms with Crippen molar-refractivity contribution in [3.63, 3.8) is 0 Å². The number of Topliss-reactive ketones (excluding diaryl/α,β-unsaturated/α-hetero) is 1. The van der Waals surface area contributed by atoms with Gasteiger partial charge >= 0.3 is 0 Å². The Bertz CT molecular complexity index is 1630. The van der Waals surface area contributed by atoms with Crippen LogP contribution in [0.1, 0.15) is 50.7 Å². The Kier molecular flexibility index (Phi) is 5.85. The first-order valence-corrected chi connectivity index (χ1v) is 12.4.